The maximum absolute atomic E-state index is 15.9. The van der Waals surface area contributed by atoms with E-state index >= 15 is 4.39 Å². The first-order valence-electron chi connectivity index (χ1n) is 12.7. The number of carbonyl (C=O) groups excluding carboxylic acids is 3. The van der Waals surface area contributed by atoms with E-state index in [9.17, 15) is 19.2 Å². The summed E-state index contributed by atoms with van der Waals surface area (Å²) >= 11 is 0.996. The van der Waals surface area contributed by atoms with Gasteiger partial charge in [0, 0.05) is 5.92 Å². The summed E-state index contributed by atoms with van der Waals surface area (Å²) < 4.78 is 28.1. The zero-order valence-electron chi connectivity index (χ0n) is 21.9. The highest BCUT2D eigenvalue weighted by Gasteiger charge is 2.50. The minimum atomic E-state index is -1.79. The number of thioether (sulfide) groups is 1. The van der Waals surface area contributed by atoms with Crippen molar-refractivity contribution in [3.05, 3.63) is 82.1 Å². The summed E-state index contributed by atoms with van der Waals surface area (Å²) in [6.07, 6.45) is -3.20. The van der Waals surface area contributed by atoms with Gasteiger partial charge in [-0.25, -0.2) is 18.7 Å². The van der Waals surface area contributed by atoms with Crippen molar-refractivity contribution in [2.24, 2.45) is 5.92 Å². The largest absolute Gasteiger partial charge is 0.461 e. The molecule has 0 radical (unpaired) electrons. The molecule has 0 bridgehead atoms. The SMILES string of the molecule is CC(C)C(=O)Nc1nc2c(nnn2[C@@H]2S[C@H](COC(=O)c3ccccc3)[C@@H](F)[C@H]2OC(=O)c2ccccc2)c(=O)[nH]1. The fourth-order valence-corrected chi connectivity index (χ4v) is 5.49. The number of nitrogens with one attached hydrogen (secondary N) is 2. The number of rotatable bonds is 8. The lowest BCUT2D eigenvalue weighted by atomic mass is 10.1. The summed E-state index contributed by atoms with van der Waals surface area (Å²) in [6, 6.07) is 16.3. The van der Waals surface area contributed by atoms with Crippen LogP contribution in [0, 0.1) is 5.92 Å². The number of aromatic amines is 1. The molecule has 0 saturated carbocycles. The molecule has 4 atom stereocenters. The van der Waals surface area contributed by atoms with Crippen LogP contribution in [0.3, 0.4) is 0 Å². The lowest BCUT2D eigenvalue weighted by Gasteiger charge is -2.21. The first kappa shape index (κ1) is 28.0. The van der Waals surface area contributed by atoms with Crippen molar-refractivity contribution < 1.29 is 28.2 Å². The number of ether oxygens (including phenoxy) is 2. The molecule has 0 aliphatic carbocycles. The second-order valence-electron chi connectivity index (χ2n) is 9.47. The van der Waals surface area contributed by atoms with Crippen LogP contribution in [-0.4, -0.2) is 66.9 Å². The van der Waals surface area contributed by atoms with Crippen LogP contribution < -0.4 is 10.9 Å². The van der Waals surface area contributed by atoms with E-state index in [1.807, 2.05) is 0 Å². The first-order valence-corrected chi connectivity index (χ1v) is 13.6. The number of hydrogen-bond donors (Lipinski definition) is 2. The molecule has 5 rings (SSSR count). The van der Waals surface area contributed by atoms with Crippen molar-refractivity contribution in [2.75, 3.05) is 11.9 Å². The summed E-state index contributed by atoms with van der Waals surface area (Å²) in [6.45, 7) is 3.02. The number of esters is 2. The van der Waals surface area contributed by atoms with E-state index in [4.69, 9.17) is 9.47 Å². The van der Waals surface area contributed by atoms with Crippen molar-refractivity contribution in [3.63, 3.8) is 0 Å². The van der Waals surface area contributed by atoms with Crippen LogP contribution >= 0.6 is 11.8 Å². The number of carbonyl (C=O) groups is 3. The number of hydrogen-bond acceptors (Lipinski definition) is 10. The Morgan fingerprint density at radius 2 is 1.68 bits per heavy atom. The molecule has 1 saturated heterocycles. The van der Waals surface area contributed by atoms with Crippen molar-refractivity contribution in [1.82, 2.24) is 25.0 Å². The first-order chi connectivity index (χ1) is 19.7. The summed E-state index contributed by atoms with van der Waals surface area (Å²) in [5.41, 5.74) is -0.377. The van der Waals surface area contributed by atoms with Gasteiger partial charge < -0.3 is 9.47 Å². The Bertz CT molecular complexity index is 1630. The quantitative estimate of drug-likeness (QED) is 0.297. The van der Waals surface area contributed by atoms with Gasteiger partial charge in [-0.3, -0.25) is 19.9 Å². The van der Waals surface area contributed by atoms with Gasteiger partial charge >= 0.3 is 11.9 Å². The molecule has 1 aliphatic heterocycles. The Hall–Kier alpha value is -4.59. The highest BCUT2D eigenvalue weighted by Crippen LogP contribution is 2.46. The summed E-state index contributed by atoms with van der Waals surface area (Å²) in [5.74, 6) is -2.33. The van der Waals surface area contributed by atoms with Gasteiger partial charge in [-0.2, -0.15) is 4.98 Å². The van der Waals surface area contributed by atoms with E-state index in [0.717, 1.165) is 11.8 Å². The number of nitrogens with zero attached hydrogens (tertiary/aromatic N) is 4. The van der Waals surface area contributed by atoms with Gasteiger partial charge in [0.2, 0.25) is 11.9 Å². The lowest BCUT2D eigenvalue weighted by molar-refractivity contribution is -0.118. The predicted molar refractivity (Wildman–Crippen MR) is 147 cm³/mol. The van der Waals surface area contributed by atoms with Crippen molar-refractivity contribution in [3.8, 4) is 0 Å². The number of benzene rings is 2. The van der Waals surface area contributed by atoms with Crippen molar-refractivity contribution >= 4 is 46.7 Å². The maximum atomic E-state index is 15.9. The maximum Gasteiger partial charge on any atom is 0.338 e. The lowest BCUT2D eigenvalue weighted by Crippen LogP contribution is -2.35. The highest BCUT2D eigenvalue weighted by molar-refractivity contribution is 8.00. The molecule has 3 heterocycles. The van der Waals surface area contributed by atoms with Crippen molar-refractivity contribution in [1.29, 1.82) is 0 Å². The van der Waals surface area contributed by atoms with E-state index in [0.29, 0.717) is 5.56 Å². The number of amides is 1. The fourth-order valence-electron chi connectivity index (χ4n) is 4.06. The molecule has 1 amide bonds. The summed E-state index contributed by atoms with van der Waals surface area (Å²) in [7, 11) is 0. The van der Waals surface area contributed by atoms with E-state index in [2.05, 4.69) is 25.6 Å². The van der Waals surface area contributed by atoms with E-state index in [1.54, 1.807) is 62.4 Å². The third-order valence-corrected chi connectivity index (χ3v) is 7.74. The molecule has 0 unspecified atom stereocenters. The van der Waals surface area contributed by atoms with Gasteiger partial charge in [0.05, 0.1) is 16.4 Å². The Labute approximate surface area is 236 Å². The monoisotopic (exact) mass is 580 g/mol. The Morgan fingerprint density at radius 3 is 2.32 bits per heavy atom. The molecule has 41 heavy (non-hydrogen) atoms. The van der Waals surface area contributed by atoms with Crippen LogP contribution in [-0.2, 0) is 14.3 Å². The van der Waals surface area contributed by atoms with Crippen LogP contribution in [0.15, 0.2) is 65.5 Å². The van der Waals surface area contributed by atoms with E-state index in [-0.39, 0.29) is 35.2 Å². The average Bonchev–Trinajstić information content (AvgIpc) is 3.53. The van der Waals surface area contributed by atoms with Gasteiger partial charge in [-0.15, -0.1) is 16.9 Å². The molecule has 2 aromatic heterocycles. The second kappa shape index (κ2) is 11.9. The number of fused-ring (bicyclic) bond motifs is 1. The van der Waals surface area contributed by atoms with Crippen LogP contribution in [0.1, 0.15) is 39.9 Å². The summed E-state index contributed by atoms with van der Waals surface area (Å²) in [4.78, 5) is 57.0. The Balaban J connectivity index is 1.46. The molecule has 14 heteroatoms. The Kier molecular flexibility index (Phi) is 8.10. The van der Waals surface area contributed by atoms with Crippen LogP contribution in [0.5, 0.6) is 0 Å². The fraction of sp³-hybridized carbons (Fsp3) is 0.296. The number of H-pyrrole nitrogens is 1. The zero-order chi connectivity index (χ0) is 29.1. The third-order valence-electron chi connectivity index (χ3n) is 6.25. The van der Waals surface area contributed by atoms with Crippen LogP contribution in [0.4, 0.5) is 10.3 Å². The highest BCUT2D eigenvalue weighted by atomic mass is 32.2. The second-order valence-corrected chi connectivity index (χ2v) is 10.8. The molecule has 4 aromatic rings. The van der Waals surface area contributed by atoms with Gasteiger partial charge in [-0.05, 0) is 24.3 Å². The van der Waals surface area contributed by atoms with Crippen molar-refractivity contribution in [2.45, 2.75) is 36.7 Å². The molecule has 12 nitrogen and oxygen atoms in total. The van der Waals surface area contributed by atoms with E-state index in [1.165, 1.54) is 16.8 Å². The molecule has 1 fully saturated rings. The summed E-state index contributed by atoms with van der Waals surface area (Å²) in [5, 5.41) is 8.43. The number of alkyl halides is 1. The van der Waals surface area contributed by atoms with Crippen LogP contribution in [0.25, 0.3) is 11.2 Å². The Morgan fingerprint density at radius 1 is 1.05 bits per heavy atom. The standard InChI is InChI=1S/C27H25FN6O6S/c1-14(2)22(35)30-27-29-21-19(23(36)31-27)32-33-34(21)24-20(40-26(38)16-11-7-4-8-12-16)18(28)17(41-24)13-39-25(37)15-9-5-3-6-10-15/h3-12,14,17-18,20,24H,13H2,1-2H3,(H2,29,30,31,35,36)/t17-,18-,20-,24-/m1/s1. The van der Waals surface area contributed by atoms with Gasteiger partial charge in [0.15, 0.2) is 23.4 Å². The molecular formula is C27H25FN6O6S. The number of aromatic nitrogens is 5. The molecule has 2 N–H and O–H groups in total. The molecular weight excluding hydrogens is 555 g/mol. The molecule has 2 aromatic carbocycles. The minimum absolute atomic E-state index is 0.0554. The molecule has 212 valence electrons. The third kappa shape index (κ3) is 5.96. The normalized spacial score (nSPS) is 20.2. The van der Waals surface area contributed by atoms with Crippen LogP contribution in [0.2, 0.25) is 0 Å². The number of anilines is 1. The smallest absolute Gasteiger partial charge is 0.338 e. The average molecular weight is 581 g/mol. The zero-order valence-corrected chi connectivity index (χ0v) is 22.7. The van der Waals surface area contributed by atoms with E-state index < -0.39 is 46.3 Å². The van der Waals surface area contributed by atoms with Gasteiger partial charge in [0.25, 0.3) is 5.56 Å². The topological polar surface area (TPSA) is 158 Å². The number of halogens is 1. The minimum Gasteiger partial charge on any atom is -0.461 e. The molecule has 0 spiro atoms. The van der Waals surface area contributed by atoms with Gasteiger partial charge in [0.1, 0.15) is 12.0 Å². The molecule has 1 aliphatic rings. The van der Waals surface area contributed by atoms with Gasteiger partial charge in [-0.1, -0.05) is 55.5 Å². The predicted octanol–water partition coefficient (Wildman–Crippen LogP) is 3.14.